The first-order valence-electron chi connectivity index (χ1n) is 9.00. The maximum Gasteiger partial charge on any atom is 0.243 e. The third-order valence-corrected chi connectivity index (χ3v) is 9.11. The Morgan fingerprint density at radius 1 is 0.963 bits per heavy atom. The highest BCUT2D eigenvalue weighted by atomic mass is 32.2. The molecule has 148 valence electrons. The molecular formula is C18H25N3O4S2. The summed E-state index contributed by atoms with van der Waals surface area (Å²) in [6.07, 6.45) is 1.95. The second-order valence-electron chi connectivity index (χ2n) is 6.48. The number of fused-ring (bicyclic) bond motifs is 1. The summed E-state index contributed by atoms with van der Waals surface area (Å²) in [6, 6.07) is 9.06. The maximum atomic E-state index is 13.1. The van der Waals surface area contributed by atoms with Gasteiger partial charge in [0.1, 0.15) is 0 Å². The molecule has 3 rings (SSSR count). The molecule has 0 spiro atoms. The van der Waals surface area contributed by atoms with Gasteiger partial charge in [0.2, 0.25) is 20.0 Å². The van der Waals surface area contributed by atoms with Crippen LogP contribution in [-0.4, -0.2) is 49.6 Å². The van der Waals surface area contributed by atoms with Gasteiger partial charge in [-0.2, -0.15) is 8.61 Å². The van der Waals surface area contributed by atoms with Crippen molar-refractivity contribution >= 4 is 20.0 Å². The van der Waals surface area contributed by atoms with Crippen molar-refractivity contribution in [3.8, 4) is 0 Å². The van der Waals surface area contributed by atoms with E-state index in [9.17, 15) is 16.8 Å². The van der Waals surface area contributed by atoms with Crippen LogP contribution in [0.4, 0.5) is 0 Å². The van der Waals surface area contributed by atoms with Crippen molar-refractivity contribution in [1.29, 1.82) is 0 Å². The summed E-state index contributed by atoms with van der Waals surface area (Å²) in [5, 5.41) is 0. The number of nitrogens with zero attached hydrogens (tertiary/aromatic N) is 3. The molecule has 0 unspecified atom stereocenters. The van der Waals surface area contributed by atoms with Crippen LogP contribution in [0.1, 0.15) is 32.5 Å². The summed E-state index contributed by atoms with van der Waals surface area (Å²) in [5.74, 6) is 0. The van der Waals surface area contributed by atoms with Gasteiger partial charge in [0.15, 0.2) is 0 Å². The van der Waals surface area contributed by atoms with Crippen LogP contribution in [0.2, 0.25) is 0 Å². The van der Waals surface area contributed by atoms with Gasteiger partial charge in [0, 0.05) is 38.1 Å². The molecule has 1 aromatic carbocycles. The van der Waals surface area contributed by atoms with Gasteiger partial charge in [-0.15, -0.1) is 0 Å². The minimum Gasteiger partial charge on any atom is -0.349 e. The Balaban J connectivity index is 1.91. The third-order valence-electron chi connectivity index (χ3n) is 5.06. The first-order chi connectivity index (χ1) is 12.7. The molecule has 1 atom stereocenters. The highest BCUT2D eigenvalue weighted by Gasteiger charge is 2.34. The quantitative estimate of drug-likeness (QED) is 0.730. The lowest BCUT2D eigenvalue weighted by molar-refractivity contribution is 0.282. The minimum absolute atomic E-state index is 0.103. The van der Waals surface area contributed by atoms with Gasteiger partial charge < -0.3 is 4.57 Å². The standard InChI is InChI=1S/C18H25N3O4S2/c1-4-20(5-2)26(22,23)16-8-10-17(11-9-16)27(24,25)21-14-13-19-12-6-7-18(19)15(21)3/h6-12,15H,4-5,13-14H2,1-3H3/t15-/m0/s1. The smallest absolute Gasteiger partial charge is 0.243 e. The zero-order chi connectivity index (χ0) is 19.8. The van der Waals surface area contributed by atoms with Crippen LogP contribution < -0.4 is 0 Å². The van der Waals surface area contributed by atoms with Crippen molar-refractivity contribution in [3.05, 3.63) is 48.3 Å². The molecule has 1 aliphatic rings. The highest BCUT2D eigenvalue weighted by Crippen LogP contribution is 2.31. The Kier molecular flexibility index (Phi) is 5.49. The summed E-state index contributed by atoms with van der Waals surface area (Å²) in [4.78, 5) is 0.207. The lowest BCUT2D eigenvalue weighted by Crippen LogP contribution is -2.40. The van der Waals surface area contributed by atoms with Crippen LogP contribution in [0.3, 0.4) is 0 Å². The monoisotopic (exact) mass is 411 g/mol. The van der Waals surface area contributed by atoms with Gasteiger partial charge in [-0.1, -0.05) is 13.8 Å². The molecule has 0 aliphatic carbocycles. The Morgan fingerprint density at radius 2 is 1.56 bits per heavy atom. The Morgan fingerprint density at radius 3 is 2.15 bits per heavy atom. The van der Waals surface area contributed by atoms with E-state index in [-0.39, 0.29) is 15.8 Å². The van der Waals surface area contributed by atoms with Gasteiger partial charge in [0.05, 0.1) is 15.8 Å². The van der Waals surface area contributed by atoms with Crippen LogP contribution in [-0.2, 0) is 26.6 Å². The number of hydrogen-bond donors (Lipinski definition) is 0. The average Bonchev–Trinajstić information content (AvgIpc) is 3.12. The van der Waals surface area contributed by atoms with Crippen molar-refractivity contribution in [2.75, 3.05) is 19.6 Å². The van der Waals surface area contributed by atoms with Gasteiger partial charge in [0.25, 0.3) is 0 Å². The number of rotatable bonds is 6. The lowest BCUT2D eigenvalue weighted by atomic mass is 10.2. The van der Waals surface area contributed by atoms with Crippen LogP contribution in [0.15, 0.2) is 52.4 Å². The number of aromatic nitrogens is 1. The number of sulfonamides is 2. The van der Waals surface area contributed by atoms with Crippen molar-refractivity contribution in [2.24, 2.45) is 0 Å². The molecule has 0 saturated heterocycles. The van der Waals surface area contributed by atoms with Crippen LogP contribution in [0, 0.1) is 0 Å². The second kappa shape index (κ2) is 7.38. The Labute approximate surface area is 161 Å². The van der Waals surface area contributed by atoms with Crippen molar-refractivity contribution < 1.29 is 16.8 Å². The summed E-state index contributed by atoms with van der Waals surface area (Å²) >= 11 is 0. The highest BCUT2D eigenvalue weighted by molar-refractivity contribution is 7.89. The lowest BCUT2D eigenvalue weighted by Gasteiger charge is -2.33. The predicted molar refractivity (Wildman–Crippen MR) is 103 cm³/mol. The number of benzene rings is 1. The molecule has 9 heteroatoms. The number of hydrogen-bond acceptors (Lipinski definition) is 4. The van der Waals surface area contributed by atoms with Crippen molar-refractivity contribution in [3.63, 3.8) is 0 Å². The molecule has 0 bridgehead atoms. The summed E-state index contributed by atoms with van der Waals surface area (Å²) < 4.78 is 56.2. The molecule has 1 aromatic heterocycles. The topological polar surface area (TPSA) is 79.7 Å². The largest absolute Gasteiger partial charge is 0.349 e. The molecular weight excluding hydrogens is 386 g/mol. The molecule has 2 heterocycles. The Hall–Kier alpha value is -1.68. The van der Waals surface area contributed by atoms with Crippen molar-refractivity contribution in [2.45, 2.75) is 43.1 Å². The molecule has 0 N–H and O–H groups in total. The molecule has 27 heavy (non-hydrogen) atoms. The van der Waals surface area contributed by atoms with E-state index in [0.29, 0.717) is 26.2 Å². The molecule has 1 aliphatic heterocycles. The van der Waals surface area contributed by atoms with E-state index in [2.05, 4.69) is 4.57 Å². The fourth-order valence-electron chi connectivity index (χ4n) is 3.52. The van der Waals surface area contributed by atoms with Gasteiger partial charge in [-0.25, -0.2) is 16.8 Å². The normalized spacial score (nSPS) is 18.6. The predicted octanol–water partition coefficient (Wildman–Crippen LogP) is 2.28. The van der Waals surface area contributed by atoms with E-state index < -0.39 is 20.0 Å². The van der Waals surface area contributed by atoms with E-state index in [4.69, 9.17) is 0 Å². The summed E-state index contributed by atoms with van der Waals surface area (Å²) in [6.45, 7) is 7.11. The fraction of sp³-hybridized carbons (Fsp3) is 0.444. The molecule has 2 aromatic rings. The van der Waals surface area contributed by atoms with Crippen molar-refractivity contribution in [1.82, 2.24) is 13.2 Å². The summed E-state index contributed by atoms with van der Waals surface area (Å²) in [5.41, 5.74) is 0.950. The molecule has 7 nitrogen and oxygen atoms in total. The molecule has 0 radical (unpaired) electrons. The van der Waals surface area contributed by atoms with E-state index >= 15 is 0 Å². The van der Waals surface area contributed by atoms with E-state index in [1.165, 1.54) is 32.9 Å². The van der Waals surface area contributed by atoms with Gasteiger partial charge in [-0.3, -0.25) is 0 Å². The van der Waals surface area contributed by atoms with E-state index in [1.54, 1.807) is 13.8 Å². The van der Waals surface area contributed by atoms with E-state index in [1.807, 2.05) is 25.3 Å². The summed E-state index contributed by atoms with van der Waals surface area (Å²) in [7, 11) is -7.32. The fourth-order valence-corrected chi connectivity index (χ4v) is 6.57. The zero-order valence-corrected chi connectivity index (χ0v) is 17.4. The van der Waals surface area contributed by atoms with E-state index in [0.717, 1.165) is 5.69 Å². The third kappa shape index (κ3) is 3.44. The SMILES string of the molecule is CCN(CC)S(=O)(=O)c1ccc(S(=O)(=O)N2CCn3cccc3[C@@H]2C)cc1. The molecule has 0 amide bonds. The van der Waals surface area contributed by atoms with Crippen LogP contribution >= 0.6 is 0 Å². The minimum atomic E-state index is -3.71. The first-order valence-corrected chi connectivity index (χ1v) is 11.9. The average molecular weight is 412 g/mol. The van der Waals surface area contributed by atoms with Crippen LogP contribution in [0.5, 0.6) is 0 Å². The maximum absolute atomic E-state index is 13.1. The second-order valence-corrected chi connectivity index (χ2v) is 10.3. The first kappa shape index (κ1) is 20.1. The molecule has 0 fully saturated rings. The zero-order valence-electron chi connectivity index (χ0n) is 15.7. The van der Waals surface area contributed by atoms with Crippen LogP contribution in [0.25, 0.3) is 0 Å². The Bertz CT molecular complexity index is 1010. The van der Waals surface area contributed by atoms with Gasteiger partial charge >= 0.3 is 0 Å². The molecule has 0 saturated carbocycles. The van der Waals surface area contributed by atoms with Gasteiger partial charge in [-0.05, 0) is 43.3 Å².